The fraction of sp³-hybridized carbons (Fsp3) is 0.105. The van der Waals surface area contributed by atoms with Crippen LogP contribution in [0.25, 0.3) is 0 Å². The molecule has 5 nitrogen and oxygen atoms in total. The second-order valence-corrected chi connectivity index (χ2v) is 6.19. The molecule has 0 saturated carbocycles. The van der Waals surface area contributed by atoms with Crippen LogP contribution in [0.4, 0.5) is 22.0 Å². The number of ketones is 1. The van der Waals surface area contributed by atoms with E-state index in [-0.39, 0.29) is 22.9 Å². The third kappa shape index (κ3) is 2.79. The minimum absolute atomic E-state index is 0.0969. The predicted molar refractivity (Wildman–Crippen MR) is 89.7 cm³/mol. The molecule has 0 bridgehead atoms. The van der Waals surface area contributed by atoms with E-state index in [2.05, 4.69) is 10.1 Å². The number of carbonyl (C=O) groups excluding carboxylic acids is 1. The Labute approximate surface area is 160 Å². The number of carbonyl (C=O) groups is 1. The lowest BCUT2D eigenvalue weighted by atomic mass is 9.89. The molecule has 0 atom stereocenters. The fourth-order valence-electron chi connectivity index (χ4n) is 3.04. The van der Waals surface area contributed by atoms with Crippen LogP contribution in [0.2, 0.25) is 0 Å². The molecule has 3 aromatic rings. The summed E-state index contributed by atoms with van der Waals surface area (Å²) in [6.45, 7) is -1.02. The Hall–Kier alpha value is -3.56. The first-order valence-electron chi connectivity index (χ1n) is 8.19. The molecular formula is C19H10F5N3O2. The number of rotatable bonds is 3. The van der Waals surface area contributed by atoms with E-state index in [1.54, 1.807) is 31.3 Å². The molecule has 0 amide bonds. The van der Waals surface area contributed by atoms with Crippen LogP contribution in [-0.4, -0.2) is 21.0 Å². The Morgan fingerprint density at radius 1 is 0.966 bits per heavy atom. The lowest BCUT2D eigenvalue weighted by molar-refractivity contribution is 0.102. The summed E-state index contributed by atoms with van der Waals surface area (Å²) < 4.78 is 68.8. The normalized spacial score (nSPS) is 14.1. The summed E-state index contributed by atoms with van der Waals surface area (Å²) in [5.74, 6) is -10.7. The zero-order valence-corrected chi connectivity index (χ0v) is 14.6. The quantitative estimate of drug-likeness (QED) is 0.226. The zero-order valence-electron chi connectivity index (χ0n) is 14.6. The van der Waals surface area contributed by atoms with Crippen molar-refractivity contribution >= 4 is 11.5 Å². The van der Waals surface area contributed by atoms with Gasteiger partial charge in [0, 0.05) is 18.2 Å². The first kappa shape index (κ1) is 18.8. The van der Waals surface area contributed by atoms with Crippen LogP contribution in [0.15, 0.2) is 35.7 Å². The summed E-state index contributed by atoms with van der Waals surface area (Å²) in [5, 5.41) is 3.79. The molecule has 148 valence electrons. The number of aryl methyl sites for hydroxylation is 1. The van der Waals surface area contributed by atoms with Gasteiger partial charge in [0.15, 0.2) is 23.3 Å². The van der Waals surface area contributed by atoms with E-state index in [1.807, 2.05) is 0 Å². The van der Waals surface area contributed by atoms with E-state index in [0.717, 1.165) is 0 Å². The van der Waals surface area contributed by atoms with Crippen LogP contribution < -0.4 is 0 Å². The van der Waals surface area contributed by atoms with Crippen LogP contribution in [0, 0.1) is 29.1 Å². The van der Waals surface area contributed by atoms with E-state index in [9.17, 15) is 26.7 Å². The summed E-state index contributed by atoms with van der Waals surface area (Å²) in [4.78, 5) is 21.7. The Kier molecular flexibility index (Phi) is 4.40. The van der Waals surface area contributed by atoms with Gasteiger partial charge in [-0.15, -0.1) is 0 Å². The summed E-state index contributed by atoms with van der Waals surface area (Å²) in [6, 6.07) is 6.42. The van der Waals surface area contributed by atoms with Crippen molar-refractivity contribution < 1.29 is 31.6 Å². The number of hydrogen-bond acceptors (Lipinski definition) is 4. The van der Waals surface area contributed by atoms with Gasteiger partial charge in [-0.2, -0.15) is 0 Å². The summed E-state index contributed by atoms with van der Waals surface area (Å²) in [6.07, 6.45) is 1.38. The Morgan fingerprint density at radius 3 is 2.21 bits per heavy atom. The number of halogens is 5. The van der Waals surface area contributed by atoms with Crippen molar-refractivity contribution in [2.45, 2.75) is 6.61 Å². The van der Waals surface area contributed by atoms with E-state index in [0.29, 0.717) is 11.1 Å². The topological polar surface area (TPSA) is 56.5 Å². The van der Waals surface area contributed by atoms with Crippen LogP contribution in [0.1, 0.15) is 32.9 Å². The molecule has 1 aliphatic rings. The molecule has 1 aliphatic carbocycles. The summed E-state index contributed by atoms with van der Waals surface area (Å²) in [7, 11) is 1.60. The molecule has 0 fully saturated rings. The van der Waals surface area contributed by atoms with Gasteiger partial charge in [-0.25, -0.2) is 26.9 Å². The maximum absolute atomic E-state index is 13.8. The highest BCUT2D eigenvalue weighted by molar-refractivity contribution is 6.28. The second-order valence-electron chi connectivity index (χ2n) is 6.19. The Morgan fingerprint density at radius 2 is 1.55 bits per heavy atom. The summed E-state index contributed by atoms with van der Waals surface area (Å²) in [5.41, 5.74) is 0.00558. The first-order valence-corrected chi connectivity index (χ1v) is 8.19. The smallest absolute Gasteiger partial charge is 0.212 e. The highest BCUT2D eigenvalue weighted by Gasteiger charge is 2.32. The van der Waals surface area contributed by atoms with Crippen LogP contribution in [0.3, 0.4) is 0 Å². The van der Waals surface area contributed by atoms with Crippen molar-refractivity contribution in [3.63, 3.8) is 0 Å². The van der Waals surface area contributed by atoms with Gasteiger partial charge in [0.25, 0.3) is 0 Å². The van der Waals surface area contributed by atoms with Gasteiger partial charge in [0.05, 0.1) is 11.9 Å². The standard InChI is InChI=1S/C19H10F5N3O2/c1-27-7-25-17-16(8-4-2-3-5-9(8)19(28)18(17)27)26-29-6-10-11(20)13(22)15(24)14(23)12(10)21/h2-5,7H,6H2,1H3/b26-16+. The first-order chi connectivity index (χ1) is 13.8. The van der Waals surface area contributed by atoms with E-state index >= 15 is 0 Å². The zero-order chi connectivity index (χ0) is 20.9. The number of benzene rings is 2. The van der Waals surface area contributed by atoms with Crippen molar-refractivity contribution in [1.82, 2.24) is 9.55 Å². The average Bonchev–Trinajstić information content (AvgIpc) is 3.11. The maximum atomic E-state index is 13.8. The monoisotopic (exact) mass is 407 g/mol. The highest BCUT2D eigenvalue weighted by Crippen LogP contribution is 2.28. The molecule has 2 aromatic carbocycles. The van der Waals surface area contributed by atoms with Gasteiger partial charge in [-0.05, 0) is 0 Å². The van der Waals surface area contributed by atoms with Crippen molar-refractivity contribution in [2.24, 2.45) is 12.2 Å². The Balaban J connectivity index is 1.74. The second kappa shape index (κ2) is 6.80. The SMILES string of the molecule is Cn1cnc2c1C(=O)c1ccccc1/C2=N\OCc1c(F)c(F)c(F)c(F)c1F. The van der Waals surface area contributed by atoms with E-state index < -0.39 is 41.3 Å². The van der Waals surface area contributed by atoms with E-state index in [4.69, 9.17) is 4.84 Å². The van der Waals surface area contributed by atoms with Crippen LogP contribution in [-0.2, 0) is 18.5 Å². The number of nitrogens with zero attached hydrogens (tertiary/aromatic N) is 3. The Bertz CT molecular complexity index is 1170. The number of hydrogen-bond donors (Lipinski definition) is 0. The number of aromatic nitrogens is 2. The van der Waals surface area contributed by atoms with Crippen molar-refractivity contribution in [2.75, 3.05) is 0 Å². The molecule has 29 heavy (non-hydrogen) atoms. The van der Waals surface area contributed by atoms with Crippen LogP contribution in [0.5, 0.6) is 0 Å². The van der Waals surface area contributed by atoms with Gasteiger partial charge in [-0.3, -0.25) is 4.79 Å². The molecule has 0 aliphatic heterocycles. The number of imidazole rings is 1. The lowest BCUT2D eigenvalue weighted by Gasteiger charge is -2.17. The van der Waals surface area contributed by atoms with Gasteiger partial charge in [-0.1, -0.05) is 29.4 Å². The fourth-order valence-corrected chi connectivity index (χ4v) is 3.04. The molecular weight excluding hydrogens is 397 g/mol. The van der Waals surface area contributed by atoms with E-state index in [1.165, 1.54) is 10.9 Å². The van der Waals surface area contributed by atoms with Crippen molar-refractivity contribution in [3.05, 3.63) is 87.8 Å². The largest absolute Gasteiger partial charge is 0.390 e. The third-order valence-electron chi connectivity index (χ3n) is 4.47. The van der Waals surface area contributed by atoms with Gasteiger partial charge in [0.2, 0.25) is 11.6 Å². The molecule has 0 unspecified atom stereocenters. The molecule has 0 N–H and O–H groups in total. The third-order valence-corrected chi connectivity index (χ3v) is 4.47. The maximum Gasteiger partial charge on any atom is 0.212 e. The molecule has 0 radical (unpaired) electrons. The number of fused-ring (bicyclic) bond motifs is 2. The van der Waals surface area contributed by atoms with Crippen molar-refractivity contribution in [3.8, 4) is 0 Å². The predicted octanol–water partition coefficient (Wildman–Crippen LogP) is 3.63. The van der Waals surface area contributed by atoms with Gasteiger partial charge >= 0.3 is 0 Å². The highest BCUT2D eigenvalue weighted by atomic mass is 19.2. The molecule has 10 heteroatoms. The van der Waals surface area contributed by atoms with Crippen molar-refractivity contribution in [1.29, 1.82) is 0 Å². The molecule has 0 spiro atoms. The average molecular weight is 407 g/mol. The molecule has 1 aromatic heterocycles. The number of oxime groups is 1. The minimum atomic E-state index is -2.26. The molecule has 4 rings (SSSR count). The van der Waals surface area contributed by atoms with Crippen LogP contribution >= 0.6 is 0 Å². The lowest BCUT2D eigenvalue weighted by Crippen LogP contribution is -2.23. The molecule has 0 saturated heterocycles. The van der Waals surface area contributed by atoms with Gasteiger partial charge < -0.3 is 9.40 Å². The van der Waals surface area contributed by atoms with Gasteiger partial charge in [0.1, 0.15) is 23.7 Å². The minimum Gasteiger partial charge on any atom is -0.390 e. The summed E-state index contributed by atoms with van der Waals surface area (Å²) >= 11 is 0. The molecule has 1 heterocycles.